The van der Waals surface area contributed by atoms with Crippen LogP contribution in [0.3, 0.4) is 0 Å². The van der Waals surface area contributed by atoms with E-state index in [0.29, 0.717) is 6.07 Å². The number of nitrogens with zero attached hydrogens (tertiary/aromatic N) is 1. The molecule has 0 unspecified atom stereocenters. The molecule has 0 aliphatic heterocycles. The largest absolute Gasteiger partial charge is 0.574 e. The lowest BCUT2D eigenvalue weighted by Gasteiger charge is -2.16. The summed E-state index contributed by atoms with van der Waals surface area (Å²) in [7, 11) is 0.927. The Kier molecular flexibility index (Phi) is 4.13. The van der Waals surface area contributed by atoms with Crippen molar-refractivity contribution < 1.29 is 35.8 Å². The molecule has 0 aliphatic carbocycles. The van der Waals surface area contributed by atoms with E-state index in [1.54, 1.807) is 0 Å². The van der Waals surface area contributed by atoms with E-state index >= 15 is 0 Å². The van der Waals surface area contributed by atoms with Crippen molar-refractivity contribution >= 4 is 0 Å². The van der Waals surface area contributed by atoms with Gasteiger partial charge >= 0.3 is 12.5 Å². The summed E-state index contributed by atoms with van der Waals surface area (Å²) in [6.45, 7) is -0.493. The summed E-state index contributed by atoms with van der Waals surface area (Å²) in [6.07, 6.45) is -10.2. The topological polar surface area (TPSA) is 57.4 Å². The van der Waals surface area contributed by atoms with Crippen LogP contribution in [0, 0.1) is 0 Å². The molecule has 0 saturated carbocycles. The molecule has 1 aromatic heterocycles. The third kappa shape index (κ3) is 3.88. The minimum atomic E-state index is -5.17. The second-order valence-electron chi connectivity index (χ2n) is 3.25. The highest BCUT2D eigenvalue weighted by atomic mass is 19.4. The van der Waals surface area contributed by atoms with Crippen molar-refractivity contribution in [3.05, 3.63) is 17.3 Å². The van der Waals surface area contributed by atoms with Crippen molar-refractivity contribution in [2.24, 2.45) is 5.73 Å². The monoisotopic (exact) mass is 290 g/mol. The maximum absolute atomic E-state index is 12.6. The van der Waals surface area contributed by atoms with Crippen molar-refractivity contribution in [1.29, 1.82) is 0 Å². The number of ether oxygens (including phenoxy) is 2. The molecule has 108 valence electrons. The van der Waals surface area contributed by atoms with E-state index in [1.807, 2.05) is 0 Å². The van der Waals surface area contributed by atoms with E-state index in [1.165, 1.54) is 0 Å². The molecule has 0 aromatic carbocycles. The predicted octanol–water partition coefficient (Wildman–Crippen LogP) is 2.47. The third-order valence-corrected chi connectivity index (χ3v) is 1.95. The van der Waals surface area contributed by atoms with E-state index in [4.69, 9.17) is 5.73 Å². The molecule has 0 spiro atoms. The Hall–Kier alpha value is -1.71. The van der Waals surface area contributed by atoms with E-state index in [-0.39, 0.29) is 5.56 Å². The summed E-state index contributed by atoms with van der Waals surface area (Å²) in [5.74, 6) is -1.98. The Morgan fingerprint density at radius 3 is 2.16 bits per heavy atom. The molecule has 0 radical (unpaired) electrons. The van der Waals surface area contributed by atoms with Crippen molar-refractivity contribution in [3.8, 4) is 11.6 Å². The molecule has 0 amide bonds. The van der Waals surface area contributed by atoms with E-state index < -0.39 is 36.4 Å². The Bertz CT molecular complexity index is 457. The van der Waals surface area contributed by atoms with Gasteiger partial charge in [0.2, 0.25) is 5.88 Å². The van der Waals surface area contributed by atoms with E-state index in [2.05, 4.69) is 14.5 Å². The van der Waals surface area contributed by atoms with Gasteiger partial charge in [-0.05, 0) is 6.07 Å². The van der Waals surface area contributed by atoms with Crippen LogP contribution < -0.4 is 15.2 Å². The minimum absolute atomic E-state index is 0.359. The first-order valence-electron chi connectivity index (χ1n) is 4.69. The standard InChI is InChI=1S/C9H8F6N2O2/c1-18-5-2-4(3-16)7(19-9(13,14)15)17-6(5)8(10,11)12/h2H,3,16H2,1H3. The number of pyridine rings is 1. The van der Waals surface area contributed by atoms with Crippen LogP contribution in [0.2, 0.25) is 0 Å². The van der Waals surface area contributed by atoms with Crippen LogP contribution in [0.1, 0.15) is 11.3 Å². The quantitative estimate of drug-likeness (QED) is 0.869. The molecule has 1 heterocycles. The third-order valence-electron chi connectivity index (χ3n) is 1.95. The van der Waals surface area contributed by atoms with Crippen molar-refractivity contribution in [3.63, 3.8) is 0 Å². The lowest BCUT2D eigenvalue weighted by atomic mass is 10.2. The van der Waals surface area contributed by atoms with Gasteiger partial charge in [0.1, 0.15) is 5.75 Å². The number of halogens is 6. The zero-order valence-corrected chi connectivity index (χ0v) is 9.39. The van der Waals surface area contributed by atoms with Crippen LogP contribution in [0.25, 0.3) is 0 Å². The van der Waals surface area contributed by atoms with Gasteiger partial charge in [-0.25, -0.2) is 4.98 Å². The minimum Gasteiger partial charge on any atom is -0.494 e. The Balaban J connectivity index is 3.38. The number of methoxy groups -OCH3 is 1. The fourth-order valence-electron chi connectivity index (χ4n) is 1.22. The van der Waals surface area contributed by atoms with Gasteiger partial charge in [0.15, 0.2) is 5.69 Å². The average Bonchev–Trinajstić information content (AvgIpc) is 2.25. The van der Waals surface area contributed by atoms with Gasteiger partial charge in [-0.1, -0.05) is 0 Å². The fourth-order valence-corrected chi connectivity index (χ4v) is 1.22. The second kappa shape index (κ2) is 5.11. The van der Waals surface area contributed by atoms with Gasteiger partial charge in [-0.15, -0.1) is 13.2 Å². The van der Waals surface area contributed by atoms with Crippen LogP contribution in [0.4, 0.5) is 26.3 Å². The first kappa shape index (κ1) is 15.3. The van der Waals surface area contributed by atoms with E-state index in [0.717, 1.165) is 7.11 Å². The summed E-state index contributed by atoms with van der Waals surface area (Å²) in [6, 6.07) is 0.705. The smallest absolute Gasteiger partial charge is 0.494 e. The molecule has 4 nitrogen and oxygen atoms in total. The van der Waals surface area contributed by atoms with E-state index in [9.17, 15) is 26.3 Å². The normalized spacial score (nSPS) is 12.4. The van der Waals surface area contributed by atoms with Crippen LogP contribution in [0.5, 0.6) is 11.6 Å². The number of hydrogen-bond acceptors (Lipinski definition) is 4. The Labute approximate surface area is 103 Å². The van der Waals surface area contributed by atoms with Gasteiger partial charge in [-0.3, -0.25) is 0 Å². The highest BCUT2D eigenvalue weighted by Crippen LogP contribution is 2.38. The van der Waals surface area contributed by atoms with Gasteiger partial charge in [0.25, 0.3) is 0 Å². The zero-order valence-electron chi connectivity index (χ0n) is 9.39. The average molecular weight is 290 g/mol. The van der Waals surface area contributed by atoms with Gasteiger partial charge < -0.3 is 15.2 Å². The van der Waals surface area contributed by atoms with Crippen LogP contribution in [-0.4, -0.2) is 18.5 Å². The van der Waals surface area contributed by atoms with Crippen LogP contribution in [0.15, 0.2) is 6.07 Å². The highest BCUT2D eigenvalue weighted by molar-refractivity contribution is 5.40. The predicted molar refractivity (Wildman–Crippen MR) is 50.4 cm³/mol. The van der Waals surface area contributed by atoms with Crippen molar-refractivity contribution in [2.45, 2.75) is 19.1 Å². The lowest BCUT2D eigenvalue weighted by Crippen LogP contribution is -2.21. The first-order valence-corrected chi connectivity index (χ1v) is 4.69. The number of rotatable bonds is 3. The summed E-state index contributed by atoms with van der Waals surface area (Å²) >= 11 is 0. The number of alkyl halides is 6. The molecule has 1 aromatic rings. The van der Waals surface area contributed by atoms with Gasteiger partial charge in [0, 0.05) is 12.1 Å². The molecule has 0 atom stereocenters. The summed E-state index contributed by atoms with van der Waals surface area (Å²) in [5.41, 5.74) is 3.15. The molecule has 0 saturated heterocycles. The molecule has 10 heteroatoms. The van der Waals surface area contributed by atoms with Gasteiger partial charge in [-0.2, -0.15) is 13.2 Å². The fraction of sp³-hybridized carbons (Fsp3) is 0.444. The maximum atomic E-state index is 12.6. The first-order chi connectivity index (χ1) is 8.58. The molecular formula is C9H8F6N2O2. The Morgan fingerprint density at radius 1 is 1.21 bits per heavy atom. The second-order valence-corrected chi connectivity index (χ2v) is 3.25. The Morgan fingerprint density at radius 2 is 1.79 bits per heavy atom. The van der Waals surface area contributed by atoms with Crippen molar-refractivity contribution in [2.75, 3.05) is 7.11 Å². The van der Waals surface area contributed by atoms with Crippen LogP contribution >= 0.6 is 0 Å². The number of aromatic nitrogens is 1. The molecule has 0 fully saturated rings. The summed E-state index contributed by atoms with van der Waals surface area (Å²) < 4.78 is 81.7. The maximum Gasteiger partial charge on any atom is 0.574 e. The molecule has 1 rings (SSSR count). The summed E-state index contributed by atoms with van der Waals surface area (Å²) in [5, 5.41) is 0. The molecule has 19 heavy (non-hydrogen) atoms. The number of hydrogen-bond donors (Lipinski definition) is 1. The van der Waals surface area contributed by atoms with Crippen LogP contribution in [-0.2, 0) is 12.7 Å². The molecule has 2 N–H and O–H groups in total. The van der Waals surface area contributed by atoms with Gasteiger partial charge in [0.05, 0.1) is 7.11 Å². The SMILES string of the molecule is COc1cc(CN)c(OC(F)(F)F)nc1C(F)(F)F. The lowest BCUT2D eigenvalue weighted by molar-refractivity contribution is -0.276. The molecule has 0 aliphatic rings. The van der Waals surface area contributed by atoms with Crippen molar-refractivity contribution in [1.82, 2.24) is 4.98 Å². The molecule has 0 bridgehead atoms. The zero-order chi connectivity index (χ0) is 14.8. The molecular weight excluding hydrogens is 282 g/mol. The number of nitrogens with two attached hydrogens (primary N) is 1. The summed E-state index contributed by atoms with van der Waals surface area (Å²) in [4.78, 5) is 2.80. The highest BCUT2D eigenvalue weighted by Gasteiger charge is 2.39.